The molecule has 0 radical (unpaired) electrons. The third kappa shape index (κ3) is 4.19. The van der Waals surface area contributed by atoms with Crippen molar-refractivity contribution in [1.82, 2.24) is 4.90 Å². The van der Waals surface area contributed by atoms with E-state index in [4.69, 9.17) is 0 Å². The Hall–Kier alpha value is -1.23. The van der Waals surface area contributed by atoms with Crippen LogP contribution in [0, 0.1) is 5.92 Å². The van der Waals surface area contributed by atoms with Crippen molar-refractivity contribution >= 4 is 5.69 Å². The predicted molar refractivity (Wildman–Crippen MR) is 86.8 cm³/mol. The van der Waals surface area contributed by atoms with Gasteiger partial charge in [0, 0.05) is 31.9 Å². The van der Waals surface area contributed by atoms with E-state index in [0.29, 0.717) is 5.92 Å². The van der Waals surface area contributed by atoms with Gasteiger partial charge in [0.1, 0.15) is 0 Å². The highest BCUT2D eigenvalue weighted by Crippen LogP contribution is 2.35. The topological polar surface area (TPSA) is 6.48 Å². The second kappa shape index (κ2) is 6.71. The van der Waals surface area contributed by atoms with Crippen molar-refractivity contribution in [3.05, 3.63) is 29.3 Å². The van der Waals surface area contributed by atoms with E-state index in [0.717, 1.165) is 56.7 Å². The van der Waals surface area contributed by atoms with Crippen LogP contribution in [-0.2, 0) is 12.6 Å². The Morgan fingerprint density at radius 1 is 1.00 bits per heavy atom. The molecule has 2 aliphatic rings. The summed E-state index contributed by atoms with van der Waals surface area (Å²) in [5, 5.41) is 0. The second-order valence-corrected chi connectivity index (χ2v) is 7.03. The number of anilines is 1. The quantitative estimate of drug-likeness (QED) is 0.822. The van der Waals surface area contributed by atoms with Gasteiger partial charge in [0.25, 0.3) is 0 Å². The standard InChI is InChI=1S/C18H25F3N2/c1-22-6-8-23(9-7-22)17-12-15(10-14-4-2-3-5-14)11-16(13-17)18(19,20)21/h11-14H,2-10H2,1H3. The van der Waals surface area contributed by atoms with E-state index >= 15 is 0 Å². The zero-order valence-corrected chi connectivity index (χ0v) is 13.7. The molecule has 1 heterocycles. The van der Waals surface area contributed by atoms with Crippen molar-refractivity contribution in [3.63, 3.8) is 0 Å². The summed E-state index contributed by atoms with van der Waals surface area (Å²) in [5.74, 6) is 0.554. The van der Waals surface area contributed by atoms with E-state index in [1.165, 1.54) is 25.0 Å². The van der Waals surface area contributed by atoms with Gasteiger partial charge in [-0.15, -0.1) is 0 Å². The first kappa shape index (κ1) is 16.6. The highest BCUT2D eigenvalue weighted by Gasteiger charge is 2.32. The number of likely N-dealkylation sites (N-methyl/N-ethyl adjacent to an activating group) is 1. The molecule has 1 aromatic rings. The molecule has 1 aromatic carbocycles. The molecule has 1 aliphatic carbocycles. The Morgan fingerprint density at radius 2 is 1.65 bits per heavy atom. The lowest BCUT2D eigenvalue weighted by atomic mass is 9.96. The molecule has 23 heavy (non-hydrogen) atoms. The zero-order chi connectivity index (χ0) is 16.4. The molecule has 2 fully saturated rings. The van der Waals surface area contributed by atoms with Crippen LogP contribution in [0.1, 0.15) is 36.8 Å². The van der Waals surface area contributed by atoms with Crippen LogP contribution >= 0.6 is 0 Å². The average molecular weight is 326 g/mol. The lowest BCUT2D eigenvalue weighted by Gasteiger charge is -2.34. The Morgan fingerprint density at radius 3 is 2.26 bits per heavy atom. The van der Waals surface area contributed by atoms with Gasteiger partial charge in [-0.3, -0.25) is 0 Å². The molecule has 1 saturated carbocycles. The van der Waals surface area contributed by atoms with Crippen molar-refractivity contribution in [3.8, 4) is 0 Å². The number of piperazine rings is 1. The Bertz CT molecular complexity index is 528. The maximum Gasteiger partial charge on any atom is 0.416 e. The molecule has 128 valence electrons. The number of benzene rings is 1. The molecular weight excluding hydrogens is 301 g/mol. The summed E-state index contributed by atoms with van der Waals surface area (Å²) >= 11 is 0. The number of rotatable bonds is 3. The molecule has 0 spiro atoms. The van der Waals surface area contributed by atoms with E-state index < -0.39 is 11.7 Å². The van der Waals surface area contributed by atoms with E-state index in [9.17, 15) is 13.2 Å². The Balaban J connectivity index is 1.85. The Labute approximate surface area is 136 Å². The first-order valence-electron chi connectivity index (χ1n) is 8.56. The zero-order valence-electron chi connectivity index (χ0n) is 13.7. The lowest BCUT2D eigenvalue weighted by Crippen LogP contribution is -2.44. The highest BCUT2D eigenvalue weighted by molar-refractivity contribution is 5.52. The van der Waals surface area contributed by atoms with Gasteiger partial charge in [-0.25, -0.2) is 0 Å². The van der Waals surface area contributed by atoms with Gasteiger partial charge in [-0.1, -0.05) is 25.7 Å². The predicted octanol–water partition coefficient (Wildman–Crippen LogP) is 4.19. The third-order valence-electron chi connectivity index (χ3n) is 5.17. The maximum absolute atomic E-state index is 13.3. The summed E-state index contributed by atoms with van der Waals surface area (Å²) in [7, 11) is 2.05. The Kier molecular flexibility index (Phi) is 4.85. The van der Waals surface area contributed by atoms with Gasteiger partial charge in [-0.2, -0.15) is 13.2 Å². The molecule has 0 bridgehead atoms. The summed E-state index contributed by atoms with van der Waals surface area (Å²) in [6.07, 6.45) is 1.25. The molecule has 0 aromatic heterocycles. The monoisotopic (exact) mass is 326 g/mol. The van der Waals surface area contributed by atoms with Gasteiger partial charge in [0.15, 0.2) is 0 Å². The van der Waals surface area contributed by atoms with Crippen LogP contribution < -0.4 is 4.90 Å². The number of halogens is 3. The van der Waals surface area contributed by atoms with Crippen LogP contribution in [0.3, 0.4) is 0 Å². The summed E-state index contributed by atoms with van der Waals surface area (Å²) in [6, 6.07) is 4.67. The van der Waals surface area contributed by atoms with Gasteiger partial charge >= 0.3 is 6.18 Å². The molecule has 1 saturated heterocycles. The minimum atomic E-state index is -4.27. The summed E-state index contributed by atoms with van der Waals surface area (Å²) in [6.45, 7) is 3.38. The van der Waals surface area contributed by atoms with Crippen molar-refractivity contribution in [1.29, 1.82) is 0 Å². The van der Waals surface area contributed by atoms with E-state index in [2.05, 4.69) is 16.8 Å². The SMILES string of the molecule is CN1CCN(c2cc(CC3CCCC3)cc(C(F)(F)F)c2)CC1. The van der Waals surface area contributed by atoms with Crippen LogP contribution in [0.5, 0.6) is 0 Å². The summed E-state index contributed by atoms with van der Waals surface area (Å²) < 4.78 is 39.8. The minimum Gasteiger partial charge on any atom is -0.369 e. The van der Waals surface area contributed by atoms with Crippen LogP contribution in [0.2, 0.25) is 0 Å². The van der Waals surface area contributed by atoms with Crippen LogP contribution in [0.4, 0.5) is 18.9 Å². The third-order valence-corrected chi connectivity index (χ3v) is 5.17. The number of hydrogen-bond donors (Lipinski definition) is 0. The second-order valence-electron chi connectivity index (χ2n) is 7.03. The molecule has 0 N–H and O–H groups in total. The van der Waals surface area contributed by atoms with Crippen LogP contribution in [0.15, 0.2) is 18.2 Å². The van der Waals surface area contributed by atoms with Crippen molar-refractivity contribution in [2.45, 2.75) is 38.3 Å². The van der Waals surface area contributed by atoms with E-state index in [1.54, 1.807) is 0 Å². The van der Waals surface area contributed by atoms with E-state index in [1.807, 2.05) is 6.07 Å². The number of alkyl halides is 3. The first-order chi connectivity index (χ1) is 10.9. The summed E-state index contributed by atoms with van der Waals surface area (Å²) in [4.78, 5) is 4.30. The molecule has 5 heteroatoms. The van der Waals surface area contributed by atoms with Crippen molar-refractivity contribution in [2.24, 2.45) is 5.92 Å². The molecule has 2 nitrogen and oxygen atoms in total. The molecule has 1 aliphatic heterocycles. The fourth-order valence-corrected chi connectivity index (χ4v) is 3.75. The molecular formula is C18H25F3N2. The highest BCUT2D eigenvalue weighted by atomic mass is 19.4. The number of hydrogen-bond acceptors (Lipinski definition) is 2. The average Bonchev–Trinajstić information content (AvgIpc) is 2.99. The fraction of sp³-hybridized carbons (Fsp3) is 0.667. The summed E-state index contributed by atoms with van der Waals surface area (Å²) in [5.41, 5.74) is 1.09. The fourth-order valence-electron chi connectivity index (χ4n) is 3.75. The van der Waals surface area contributed by atoms with Gasteiger partial charge in [-0.05, 0) is 43.1 Å². The van der Waals surface area contributed by atoms with Crippen LogP contribution in [0.25, 0.3) is 0 Å². The molecule has 0 atom stereocenters. The molecule has 0 unspecified atom stereocenters. The first-order valence-corrected chi connectivity index (χ1v) is 8.56. The maximum atomic E-state index is 13.3. The van der Waals surface area contributed by atoms with Crippen molar-refractivity contribution < 1.29 is 13.2 Å². The largest absolute Gasteiger partial charge is 0.416 e. The molecule has 0 amide bonds. The normalized spacial score (nSPS) is 21.1. The van der Waals surface area contributed by atoms with Gasteiger partial charge in [0.2, 0.25) is 0 Å². The van der Waals surface area contributed by atoms with Crippen LogP contribution in [-0.4, -0.2) is 38.1 Å². The smallest absolute Gasteiger partial charge is 0.369 e. The molecule has 3 rings (SSSR count). The van der Waals surface area contributed by atoms with Gasteiger partial charge in [0.05, 0.1) is 5.56 Å². The minimum absolute atomic E-state index is 0.498. The number of nitrogens with zero attached hydrogens (tertiary/aromatic N) is 2. The van der Waals surface area contributed by atoms with Gasteiger partial charge < -0.3 is 9.80 Å². The van der Waals surface area contributed by atoms with Crippen molar-refractivity contribution in [2.75, 3.05) is 38.1 Å². The lowest BCUT2D eigenvalue weighted by molar-refractivity contribution is -0.137. The van der Waals surface area contributed by atoms with E-state index in [-0.39, 0.29) is 0 Å².